The summed E-state index contributed by atoms with van der Waals surface area (Å²) in [5.74, 6) is 1.04. The summed E-state index contributed by atoms with van der Waals surface area (Å²) in [7, 11) is 1.45. The molecule has 2 aromatic rings. The fourth-order valence-corrected chi connectivity index (χ4v) is 8.13. The van der Waals surface area contributed by atoms with Gasteiger partial charge in [-0.15, -0.1) is 11.3 Å². The van der Waals surface area contributed by atoms with Gasteiger partial charge in [-0.25, -0.2) is 14.5 Å². The van der Waals surface area contributed by atoms with Crippen LogP contribution in [0.5, 0.6) is 0 Å². The number of carbonyl (C=O) groups excluding carboxylic acids is 2. The Kier molecular flexibility index (Phi) is 8.27. The highest BCUT2D eigenvalue weighted by atomic mass is 32.1. The highest BCUT2D eigenvalue weighted by Crippen LogP contribution is 2.47. The van der Waals surface area contributed by atoms with E-state index in [1.807, 2.05) is 4.68 Å². The van der Waals surface area contributed by atoms with Crippen LogP contribution in [0.25, 0.3) is 0 Å². The van der Waals surface area contributed by atoms with Gasteiger partial charge in [0.25, 0.3) is 0 Å². The van der Waals surface area contributed by atoms with Gasteiger partial charge < -0.3 is 9.64 Å². The first-order chi connectivity index (χ1) is 18.3. The van der Waals surface area contributed by atoms with Crippen molar-refractivity contribution in [1.82, 2.24) is 14.8 Å². The van der Waals surface area contributed by atoms with E-state index in [1.165, 1.54) is 24.8 Å². The van der Waals surface area contributed by atoms with Crippen LogP contribution in [0, 0.1) is 17.3 Å². The van der Waals surface area contributed by atoms with Gasteiger partial charge in [0.1, 0.15) is 17.5 Å². The van der Waals surface area contributed by atoms with Gasteiger partial charge in [0.05, 0.1) is 18.8 Å². The first kappa shape index (κ1) is 27.4. The molecule has 0 radical (unpaired) electrons. The van der Waals surface area contributed by atoms with Crippen molar-refractivity contribution in [2.45, 2.75) is 116 Å². The van der Waals surface area contributed by atoms with Crippen LogP contribution in [0.15, 0.2) is 18.7 Å². The number of hydrogen-bond donors (Lipinski definition) is 0. The zero-order valence-corrected chi connectivity index (χ0v) is 24.3. The second kappa shape index (κ2) is 11.5. The van der Waals surface area contributed by atoms with Crippen molar-refractivity contribution in [2.75, 3.05) is 12.0 Å². The number of aromatic nitrogens is 3. The molecule has 0 unspecified atom stereocenters. The van der Waals surface area contributed by atoms with Crippen molar-refractivity contribution in [1.29, 1.82) is 0 Å². The fraction of sp³-hybridized carbons (Fsp3) is 0.733. The van der Waals surface area contributed by atoms with Gasteiger partial charge in [0.15, 0.2) is 0 Å². The van der Waals surface area contributed by atoms with Gasteiger partial charge in [-0.05, 0) is 100 Å². The number of ether oxygens (including phenoxy) is 1. The minimum absolute atomic E-state index is 0.0311. The van der Waals surface area contributed by atoms with Crippen LogP contribution in [0.3, 0.4) is 0 Å². The first-order valence-corrected chi connectivity index (χ1v) is 15.5. The van der Waals surface area contributed by atoms with E-state index in [1.54, 1.807) is 24.0 Å². The van der Waals surface area contributed by atoms with Crippen molar-refractivity contribution < 1.29 is 14.3 Å². The van der Waals surface area contributed by atoms with E-state index < -0.39 is 0 Å². The molecule has 0 aliphatic heterocycles. The van der Waals surface area contributed by atoms with Gasteiger partial charge >= 0.3 is 5.97 Å². The highest BCUT2D eigenvalue weighted by molar-refractivity contribution is 7.14. The number of methoxy groups -OCH3 is 1. The summed E-state index contributed by atoms with van der Waals surface area (Å²) in [6.07, 6.45) is 15.8. The molecular formula is C30H44N4O3S. The Labute approximate surface area is 231 Å². The lowest BCUT2D eigenvalue weighted by Gasteiger charge is -2.39. The summed E-state index contributed by atoms with van der Waals surface area (Å²) in [6, 6.07) is 2.58. The Bertz CT molecular complexity index is 1080. The van der Waals surface area contributed by atoms with Crippen LogP contribution in [0.1, 0.15) is 124 Å². The summed E-state index contributed by atoms with van der Waals surface area (Å²) < 4.78 is 7.22. The Balaban J connectivity index is 1.45. The molecule has 208 valence electrons. The first-order valence-electron chi connectivity index (χ1n) is 14.6. The van der Waals surface area contributed by atoms with E-state index in [2.05, 4.69) is 41.8 Å². The van der Waals surface area contributed by atoms with Crippen LogP contribution in [-0.2, 0) is 9.53 Å². The van der Waals surface area contributed by atoms with Gasteiger partial charge in [-0.2, -0.15) is 5.10 Å². The number of esters is 1. The molecule has 0 bridgehead atoms. The van der Waals surface area contributed by atoms with Crippen LogP contribution < -0.4 is 4.90 Å². The fourth-order valence-electron chi connectivity index (χ4n) is 6.89. The summed E-state index contributed by atoms with van der Waals surface area (Å²) in [6.45, 7) is 6.99. The topological polar surface area (TPSA) is 77.3 Å². The Morgan fingerprint density at radius 2 is 1.71 bits per heavy atom. The van der Waals surface area contributed by atoms with E-state index in [4.69, 9.17) is 4.74 Å². The number of thiophene rings is 1. The Hall–Kier alpha value is -2.22. The maximum Gasteiger partial charge on any atom is 0.350 e. The van der Waals surface area contributed by atoms with E-state index in [0.717, 1.165) is 69.9 Å². The molecule has 0 N–H and O–H groups in total. The van der Waals surface area contributed by atoms with Crippen LogP contribution >= 0.6 is 11.3 Å². The Morgan fingerprint density at radius 1 is 1.03 bits per heavy atom. The molecule has 38 heavy (non-hydrogen) atoms. The van der Waals surface area contributed by atoms with Gasteiger partial charge in [0.2, 0.25) is 5.91 Å². The summed E-state index contributed by atoms with van der Waals surface area (Å²) in [5.41, 5.74) is 1.18. The molecule has 5 rings (SSSR count). The molecule has 3 fully saturated rings. The van der Waals surface area contributed by atoms with E-state index in [-0.39, 0.29) is 23.8 Å². The summed E-state index contributed by atoms with van der Waals surface area (Å²) >= 11 is 1.56. The molecule has 3 aliphatic rings. The van der Waals surface area contributed by atoms with Crippen molar-refractivity contribution >= 4 is 28.9 Å². The predicted octanol–water partition coefficient (Wildman–Crippen LogP) is 7.15. The maximum atomic E-state index is 14.3. The average molecular weight is 541 g/mol. The van der Waals surface area contributed by atoms with Crippen LogP contribution in [0.4, 0.5) is 5.69 Å². The van der Waals surface area contributed by atoms with E-state index in [9.17, 15) is 9.59 Å². The predicted molar refractivity (Wildman–Crippen MR) is 151 cm³/mol. The average Bonchev–Trinajstić information content (AvgIpc) is 3.60. The molecule has 0 spiro atoms. The molecule has 7 nitrogen and oxygen atoms in total. The van der Waals surface area contributed by atoms with Gasteiger partial charge in [-0.1, -0.05) is 20.8 Å². The van der Waals surface area contributed by atoms with Crippen LogP contribution in [-0.4, -0.2) is 39.8 Å². The SMILES string of the molecule is COC(=O)c1sc(C2CCC(C)(C)CC2)cc1N(C(=O)[C@H]1CC[C@H](C)CC1)C1CCC(n2cncn2)CC1. The normalized spacial score (nSPS) is 28.1. The number of rotatable bonds is 6. The minimum atomic E-state index is -0.321. The van der Waals surface area contributed by atoms with Crippen molar-refractivity contribution in [3.05, 3.63) is 28.5 Å². The number of anilines is 1. The maximum absolute atomic E-state index is 14.3. The van der Waals surface area contributed by atoms with Gasteiger partial charge in [0, 0.05) is 16.8 Å². The monoisotopic (exact) mass is 540 g/mol. The Morgan fingerprint density at radius 3 is 2.32 bits per heavy atom. The largest absolute Gasteiger partial charge is 0.465 e. The second-order valence-corrected chi connectivity index (χ2v) is 13.9. The lowest BCUT2D eigenvalue weighted by molar-refractivity contribution is -0.124. The number of nitrogens with zero attached hydrogens (tertiary/aromatic N) is 4. The molecule has 0 aromatic carbocycles. The van der Waals surface area contributed by atoms with Gasteiger partial charge in [-0.3, -0.25) is 4.79 Å². The summed E-state index contributed by atoms with van der Waals surface area (Å²) in [4.78, 5) is 35.4. The second-order valence-electron chi connectivity index (χ2n) is 12.8. The molecular weight excluding hydrogens is 496 g/mol. The van der Waals surface area contributed by atoms with Crippen molar-refractivity contribution in [2.24, 2.45) is 17.3 Å². The van der Waals surface area contributed by atoms with E-state index in [0.29, 0.717) is 28.2 Å². The van der Waals surface area contributed by atoms with Crippen molar-refractivity contribution in [3.63, 3.8) is 0 Å². The lowest BCUT2D eigenvalue weighted by atomic mass is 9.73. The standard InChI is InChI=1S/C30H44N4O3S/c1-20-5-7-22(8-6-20)28(35)34(24-11-9-23(10-12-24)33-19-31-18-32-33)25-17-26(38-27(25)29(36)37-4)21-13-15-30(2,3)16-14-21/h17-24H,5-16H2,1-4H3/t20-,22-,23?,24?. The summed E-state index contributed by atoms with van der Waals surface area (Å²) in [5, 5.41) is 4.36. The minimum Gasteiger partial charge on any atom is -0.465 e. The molecule has 0 atom stereocenters. The number of hydrogen-bond acceptors (Lipinski definition) is 6. The molecule has 1 amide bonds. The third kappa shape index (κ3) is 5.85. The zero-order valence-electron chi connectivity index (χ0n) is 23.5. The van der Waals surface area contributed by atoms with Crippen LogP contribution in [0.2, 0.25) is 0 Å². The highest BCUT2D eigenvalue weighted by Gasteiger charge is 2.39. The molecule has 3 saturated carbocycles. The molecule has 2 heterocycles. The number of amides is 1. The molecule has 0 saturated heterocycles. The molecule has 2 aromatic heterocycles. The molecule has 3 aliphatic carbocycles. The lowest BCUT2D eigenvalue weighted by Crippen LogP contribution is -2.46. The zero-order chi connectivity index (χ0) is 26.9. The quantitative estimate of drug-likeness (QED) is 0.364. The molecule has 8 heteroatoms. The third-order valence-corrected chi connectivity index (χ3v) is 10.8. The third-order valence-electron chi connectivity index (χ3n) is 9.55. The van der Waals surface area contributed by atoms with E-state index >= 15 is 0 Å². The number of carbonyl (C=O) groups is 2. The van der Waals surface area contributed by atoms with Crippen molar-refractivity contribution in [3.8, 4) is 0 Å². The smallest absolute Gasteiger partial charge is 0.350 e.